The van der Waals surface area contributed by atoms with Crippen LogP contribution in [-0.2, 0) is 17.5 Å². The maximum atomic E-state index is 14.4. The van der Waals surface area contributed by atoms with E-state index >= 15 is 0 Å². The second kappa shape index (κ2) is 12.7. The lowest BCUT2D eigenvalue weighted by molar-refractivity contribution is -0.202. The molecule has 0 saturated carbocycles. The monoisotopic (exact) mass is 665 g/mol. The number of nitrogens with zero attached hydrogens (tertiary/aromatic N) is 7. The first-order valence-corrected chi connectivity index (χ1v) is 17.6. The summed E-state index contributed by atoms with van der Waals surface area (Å²) in [7, 11) is -2.88. The van der Waals surface area contributed by atoms with Crippen LogP contribution in [0.4, 0.5) is 18.9 Å². The summed E-state index contributed by atoms with van der Waals surface area (Å²) in [6.45, 7) is 12.3. The zero-order chi connectivity index (χ0) is 33.4. The highest BCUT2D eigenvalue weighted by atomic mass is 35.5. The molecule has 1 unspecified atom stereocenters. The van der Waals surface area contributed by atoms with E-state index in [1.807, 2.05) is 34.6 Å². The molecule has 0 saturated heterocycles. The summed E-state index contributed by atoms with van der Waals surface area (Å²) in [5, 5.41) is 12.1. The van der Waals surface area contributed by atoms with Gasteiger partial charge in [0.1, 0.15) is 18.6 Å². The molecule has 0 bridgehead atoms. The van der Waals surface area contributed by atoms with Crippen LogP contribution in [0.5, 0.6) is 0 Å². The van der Waals surface area contributed by atoms with E-state index < -0.39 is 43.4 Å². The Morgan fingerprint density at radius 3 is 2.33 bits per heavy atom. The van der Waals surface area contributed by atoms with Crippen molar-refractivity contribution in [2.24, 2.45) is 5.73 Å². The summed E-state index contributed by atoms with van der Waals surface area (Å²) in [4.78, 5) is 22.2. The summed E-state index contributed by atoms with van der Waals surface area (Å²) >= 11 is 6.06. The minimum absolute atomic E-state index is 0.0346. The van der Waals surface area contributed by atoms with Crippen LogP contribution in [-0.4, -0.2) is 66.8 Å². The van der Waals surface area contributed by atoms with Gasteiger partial charge < -0.3 is 15.5 Å². The Bertz CT molecular complexity index is 1670. The van der Waals surface area contributed by atoms with Crippen molar-refractivity contribution in [2.45, 2.75) is 83.7 Å². The lowest BCUT2D eigenvalue weighted by Gasteiger charge is -2.39. The molecule has 0 aliphatic carbocycles. The van der Waals surface area contributed by atoms with Crippen molar-refractivity contribution < 1.29 is 17.6 Å². The maximum absolute atomic E-state index is 14.4. The zero-order valence-electron chi connectivity index (χ0n) is 26.4. The average molecular weight is 666 g/mol. The van der Waals surface area contributed by atoms with Crippen LogP contribution < -0.4 is 16.7 Å². The summed E-state index contributed by atoms with van der Waals surface area (Å²) in [5.74, 6) is 0.246. The zero-order valence-corrected chi connectivity index (χ0v) is 28.1. The Morgan fingerprint density at radius 1 is 1.07 bits per heavy atom. The van der Waals surface area contributed by atoms with Gasteiger partial charge in [0.15, 0.2) is 26.1 Å². The smallest absolute Gasteiger partial charge is 0.404 e. The van der Waals surface area contributed by atoms with Crippen LogP contribution in [0, 0.1) is 0 Å². The Hall–Kier alpha value is -3.53. The average Bonchev–Trinajstić information content (AvgIpc) is 3.51. The Labute approximate surface area is 265 Å². The first-order chi connectivity index (χ1) is 20.7. The standard InChI is InChI=1S/C29H39ClF3N9O2Si/c1-27(2,3)45(6,7)44-23(29(31,32)33)15-40-25(19-8-10-20(30)11-9-19)39-41(26(40)43)16-24-37-18-42(38-24)22-14-35-13-12-21(22)36-17-28(4,5)34/h8-14,18,23H,15-17,34H2,1-7H3,(H,35,36). The van der Waals surface area contributed by atoms with Crippen LogP contribution in [0.15, 0.2) is 53.8 Å². The first-order valence-electron chi connectivity index (χ1n) is 14.3. The third kappa shape index (κ3) is 8.39. The van der Waals surface area contributed by atoms with E-state index in [0.29, 0.717) is 28.5 Å². The second-order valence-corrected chi connectivity index (χ2v) is 18.3. The predicted molar refractivity (Wildman–Crippen MR) is 170 cm³/mol. The lowest BCUT2D eigenvalue weighted by Crippen LogP contribution is -2.50. The fraction of sp³-hybridized carbons (Fsp3) is 0.483. The third-order valence-corrected chi connectivity index (χ3v) is 12.3. The molecule has 11 nitrogen and oxygen atoms in total. The van der Waals surface area contributed by atoms with E-state index in [9.17, 15) is 18.0 Å². The molecule has 45 heavy (non-hydrogen) atoms. The van der Waals surface area contributed by atoms with Gasteiger partial charge in [0.25, 0.3) is 0 Å². The van der Waals surface area contributed by atoms with Crippen molar-refractivity contribution in [3.05, 3.63) is 70.4 Å². The van der Waals surface area contributed by atoms with Crippen LogP contribution >= 0.6 is 11.6 Å². The van der Waals surface area contributed by atoms with Crippen LogP contribution in [0.2, 0.25) is 23.2 Å². The Morgan fingerprint density at radius 2 is 1.73 bits per heavy atom. The fourth-order valence-electron chi connectivity index (χ4n) is 4.09. The summed E-state index contributed by atoms with van der Waals surface area (Å²) in [6, 6.07) is 8.11. The number of rotatable bonds is 11. The number of nitrogens with two attached hydrogens (primary N) is 1. The normalized spacial score (nSPS) is 13.7. The number of aromatic nitrogens is 7. The molecule has 4 aromatic rings. The number of hydrogen-bond acceptors (Lipinski definition) is 8. The molecule has 1 atom stereocenters. The molecular formula is C29H39ClF3N9O2Si. The van der Waals surface area contributed by atoms with Gasteiger partial charge in [-0.3, -0.25) is 9.55 Å². The number of pyridine rings is 1. The van der Waals surface area contributed by atoms with E-state index in [-0.39, 0.29) is 18.2 Å². The van der Waals surface area contributed by atoms with Gasteiger partial charge in [-0.1, -0.05) is 32.4 Å². The molecule has 3 heterocycles. The quantitative estimate of drug-likeness (QED) is 0.201. The van der Waals surface area contributed by atoms with Gasteiger partial charge in [-0.25, -0.2) is 19.1 Å². The topological polar surface area (TPSA) is 131 Å². The Kier molecular flexibility index (Phi) is 9.69. The molecule has 244 valence electrons. The van der Waals surface area contributed by atoms with Crippen molar-refractivity contribution >= 4 is 25.6 Å². The van der Waals surface area contributed by atoms with Gasteiger partial charge in [-0.15, -0.1) is 10.2 Å². The molecule has 3 aromatic heterocycles. The molecule has 0 fully saturated rings. The van der Waals surface area contributed by atoms with E-state index in [2.05, 4.69) is 25.5 Å². The number of alkyl halides is 3. The highest BCUT2D eigenvalue weighted by Gasteiger charge is 2.48. The fourth-order valence-corrected chi connectivity index (χ4v) is 5.49. The van der Waals surface area contributed by atoms with Crippen molar-refractivity contribution in [1.82, 2.24) is 34.1 Å². The second-order valence-electron chi connectivity index (χ2n) is 13.1. The SMILES string of the molecule is CC(C)(N)CNc1ccncc1-n1cnc(Cn2nc(-c3ccc(Cl)cc3)n(CC(O[Si](C)(C)C(C)(C)C)C(F)(F)F)c2=O)n1. The molecule has 16 heteroatoms. The molecule has 0 aliphatic heterocycles. The summed E-state index contributed by atoms with van der Waals surface area (Å²) in [5.41, 5.74) is 6.59. The lowest BCUT2D eigenvalue weighted by atomic mass is 10.1. The van der Waals surface area contributed by atoms with E-state index in [1.165, 1.54) is 11.0 Å². The first kappa shape index (κ1) is 34.3. The van der Waals surface area contributed by atoms with Crippen LogP contribution in [0.1, 0.15) is 40.4 Å². The Balaban J connectivity index is 1.71. The van der Waals surface area contributed by atoms with Crippen LogP contribution in [0.25, 0.3) is 17.1 Å². The minimum Gasteiger partial charge on any atom is -0.404 e. The van der Waals surface area contributed by atoms with Gasteiger partial charge in [-0.2, -0.15) is 13.2 Å². The summed E-state index contributed by atoms with van der Waals surface area (Å²) < 4.78 is 52.6. The number of halogens is 4. The highest BCUT2D eigenvalue weighted by molar-refractivity contribution is 6.74. The third-order valence-electron chi connectivity index (χ3n) is 7.59. The van der Waals surface area contributed by atoms with E-state index in [1.54, 1.807) is 55.8 Å². The van der Waals surface area contributed by atoms with Gasteiger partial charge in [0, 0.05) is 28.9 Å². The van der Waals surface area contributed by atoms with Gasteiger partial charge >= 0.3 is 11.9 Å². The minimum atomic E-state index is -4.73. The summed E-state index contributed by atoms with van der Waals surface area (Å²) in [6.07, 6.45) is -2.28. The van der Waals surface area contributed by atoms with Crippen molar-refractivity contribution in [1.29, 1.82) is 0 Å². The number of hydrogen-bond donors (Lipinski definition) is 2. The molecule has 3 N–H and O–H groups in total. The van der Waals surface area contributed by atoms with Gasteiger partial charge in [-0.05, 0) is 62.3 Å². The molecule has 4 rings (SSSR count). The molecular weight excluding hydrogens is 627 g/mol. The van der Waals surface area contributed by atoms with E-state index in [4.69, 9.17) is 21.8 Å². The van der Waals surface area contributed by atoms with Gasteiger partial charge in [0.2, 0.25) is 0 Å². The predicted octanol–water partition coefficient (Wildman–Crippen LogP) is 5.49. The molecule has 0 spiro atoms. The van der Waals surface area contributed by atoms with Crippen molar-refractivity contribution in [2.75, 3.05) is 11.9 Å². The molecule has 0 radical (unpaired) electrons. The van der Waals surface area contributed by atoms with Crippen molar-refractivity contribution in [3.63, 3.8) is 0 Å². The molecule has 0 amide bonds. The largest absolute Gasteiger partial charge is 0.415 e. The van der Waals surface area contributed by atoms with E-state index in [0.717, 1.165) is 9.25 Å². The highest BCUT2D eigenvalue weighted by Crippen LogP contribution is 2.40. The van der Waals surface area contributed by atoms with Crippen LogP contribution in [0.3, 0.4) is 0 Å². The maximum Gasteiger partial charge on any atom is 0.415 e. The number of nitrogens with one attached hydrogen (secondary N) is 1. The number of benzene rings is 1. The number of anilines is 1. The molecule has 0 aliphatic rings. The van der Waals surface area contributed by atoms with Gasteiger partial charge in [0.05, 0.1) is 18.4 Å². The van der Waals surface area contributed by atoms with Crippen molar-refractivity contribution in [3.8, 4) is 17.1 Å². The molecule has 1 aromatic carbocycles.